The molecule has 0 saturated carbocycles. The zero-order valence-electron chi connectivity index (χ0n) is 8.72. The Balaban J connectivity index is 0.00000112. The van der Waals surface area contributed by atoms with E-state index in [4.69, 9.17) is 0 Å². The molecule has 0 aliphatic heterocycles. The minimum absolute atomic E-state index is 0. The number of fused-ring (bicyclic) bond motifs is 1. The molecule has 2 aromatic rings. The fraction of sp³-hybridized carbons (Fsp3) is 0. The van der Waals surface area contributed by atoms with Crippen LogP contribution in [-0.2, 0) is 65.4 Å². The summed E-state index contributed by atoms with van der Waals surface area (Å²) in [6.45, 7) is 3.68. The van der Waals surface area contributed by atoms with Crippen LogP contribution in [0.15, 0.2) is 36.9 Å². The summed E-state index contributed by atoms with van der Waals surface area (Å²) in [6, 6.07) is 8.47. The van der Waals surface area contributed by atoms with Crippen LogP contribution >= 0.6 is 0 Å². The van der Waals surface area contributed by atoms with Crippen LogP contribution in [0.4, 0.5) is 0 Å². The van der Waals surface area contributed by atoms with Gasteiger partial charge in [0.25, 0.3) is 0 Å². The van der Waals surface area contributed by atoms with Gasteiger partial charge < -0.3 is 10.2 Å². The van der Waals surface area contributed by atoms with Gasteiger partial charge in [-0.05, 0) is 17.0 Å². The Morgan fingerprint density at radius 1 is 1.00 bits per heavy atom. The summed E-state index contributed by atoms with van der Waals surface area (Å²) in [7, 11) is 0. The van der Waals surface area contributed by atoms with E-state index in [9.17, 15) is 10.2 Å². The average Bonchev–Trinajstić information content (AvgIpc) is 2.17. The van der Waals surface area contributed by atoms with E-state index in [2.05, 4.69) is 6.58 Å². The molecular weight excluding hydrogens is 354 g/mol. The summed E-state index contributed by atoms with van der Waals surface area (Å²) in [5, 5.41) is 20.4. The molecule has 0 heterocycles. The first-order valence-electron chi connectivity index (χ1n) is 4.29. The number of benzene rings is 2. The van der Waals surface area contributed by atoms with Crippen molar-refractivity contribution < 1.29 is 75.6 Å². The van der Waals surface area contributed by atoms with Crippen LogP contribution in [0.3, 0.4) is 0 Å². The van der Waals surface area contributed by atoms with E-state index in [1.807, 2.05) is 12.1 Å². The van der Waals surface area contributed by atoms with E-state index in [1.165, 1.54) is 6.07 Å². The van der Waals surface area contributed by atoms with E-state index in [1.54, 1.807) is 18.2 Å². The molecule has 0 aromatic heterocycles. The van der Waals surface area contributed by atoms with Gasteiger partial charge in [0.05, 0.1) is 0 Å². The molecule has 0 spiro atoms. The van der Waals surface area contributed by atoms with Crippen molar-refractivity contribution in [1.82, 2.24) is 0 Å². The summed E-state index contributed by atoms with van der Waals surface area (Å²) in [5.41, 5.74) is 0.897. The summed E-state index contributed by atoms with van der Waals surface area (Å²) < 4.78 is 0. The van der Waals surface area contributed by atoms with Gasteiger partial charge in [0.1, 0.15) is 11.5 Å². The maximum atomic E-state index is 9.58. The predicted molar refractivity (Wildman–Crippen MR) is 57.4 cm³/mol. The average molecular weight is 364 g/mol. The number of rotatable bonds is 1. The van der Waals surface area contributed by atoms with Gasteiger partial charge in [-0.25, -0.2) is 0 Å². The zero-order chi connectivity index (χ0) is 10.1. The van der Waals surface area contributed by atoms with Crippen molar-refractivity contribution in [3.05, 3.63) is 42.5 Å². The largest absolute Gasteiger partial charge is 0.508 e. The number of hydrogen-bond acceptors (Lipinski definition) is 2. The van der Waals surface area contributed by atoms with Gasteiger partial charge in [-0.15, -0.1) is 0 Å². The van der Waals surface area contributed by atoms with Crippen LogP contribution in [0.25, 0.3) is 16.8 Å². The van der Waals surface area contributed by atoms with Gasteiger partial charge >= 0.3 is 0 Å². The van der Waals surface area contributed by atoms with Gasteiger partial charge in [-0.3, -0.25) is 0 Å². The molecule has 0 bridgehead atoms. The van der Waals surface area contributed by atoms with E-state index >= 15 is 0 Å². The Hall–Kier alpha value is 0.248. The Morgan fingerprint density at radius 2 is 1.69 bits per heavy atom. The monoisotopic (exact) mass is 364 g/mol. The van der Waals surface area contributed by atoms with E-state index in [-0.39, 0.29) is 76.9 Å². The third-order valence-electron chi connectivity index (χ3n) is 2.21. The molecule has 0 amide bonds. The summed E-state index contributed by atoms with van der Waals surface area (Å²) in [6.07, 6.45) is 1.70. The number of phenolic OH excluding ortho intramolecular Hbond substituents is 2. The smallest absolute Gasteiger partial charge is 0.127 e. The molecule has 0 saturated heterocycles. The molecule has 4 heteroatoms. The van der Waals surface area contributed by atoms with Crippen molar-refractivity contribution in [2.75, 3.05) is 0 Å². The third-order valence-corrected chi connectivity index (χ3v) is 2.21. The van der Waals surface area contributed by atoms with E-state index in [0.29, 0.717) is 0 Å². The molecule has 0 aliphatic rings. The van der Waals surface area contributed by atoms with Crippen molar-refractivity contribution in [2.24, 2.45) is 0 Å². The molecular formula is C12H10O2Y2. The summed E-state index contributed by atoms with van der Waals surface area (Å²) >= 11 is 0. The van der Waals surface area contributed by atoms with Gasteiger partial charge in [0.15, 0.2) is 0 Å². The molecule has 2 radical (unpaired) electrons. The van der Waals surface area contributed by atoms with E-state index in [0.717, 1.165) is 16.3 Å². The van der Waals surface area contributed by atoms with Crippen molar-refractivity contribution in [1.29, 1.82) is 0 Å². The Labute approximate surface area is 145 Å². The normalized spacial score (nSPS) is 9.00. The molecule has 16 heavy (non-hydrogen) atoms. The number of phenols is 2. The molecule has 0 fully saturated rings. The molecule has 2 nitrogen and oxygen atoms in total. The summed E-state index contributed by atoms with van der Waals surface area (Å²) in [4.78, 5) is 0. The van der Waals surface area contributed by atoms with Crippen molar-refractivity contribution >= 4 is 16.8 Å². The SMILES string of the molecule is C=Cc1cccc2c(O)cc(O)cc12.[Y].[Y]. The zero-order valence-corrected chi connectivity index (χ0v) is 14.4. The molecule has 2 aromatic carbocycles. The molecule has 0 unspecified atom stereocenters. The van der Waals surface area contributed by atoms with Crippen LogP contribution in [0.5, 0.6) is 11.5 Å². The van der Waals surface area contributed by atoms with Gasteiger partial charge in [-0.2, -0.15) is 0 Å². The molecule has 0 aliphatic carbocycles. The van der Waals surface area contributed by atoms with Gasteiger partial charge in [-0.1, -0.05) is 30.9 Å². The van der Waals surface area contributed by atoms with Crippen LogP contribution in [-0.4, -0.2) is 10.2 Å². The van der Waals surface area contributed by atoms with Crippen LogP contribution < -0.4 is 0 Å². The van der Waals surface area contributed by atoms with E-state index < -0.39 is 0 Å². The number of hydrogen-bond donors (Lipinski definition) is 2. The maximum absolute atomic E-state index is 9.58. The van der Waals surface area contributed by atoms with Crippen LogP contribution in [0.2, 0.25) is 0 Å². The van der Waals surface area contributed by atoms with Crippen LogP contribution in [0.1, 0.15) is 5.56 Å². The third kappa shape index (κ3) is 3.13. The molecule has 0 atom stereocenters. The second kappa shape index (κ2) is 6.86. The molecule has 2 N–H and O–H groups in total. The minimum atomic E-state index is 0. The number of aromatic hydroxyl groups is 2. The van der Waals surface area contributed by atoms with Crippen molar-refractivity contribution in [3.63, 3.8) is 0 Å². The first-order valence-corrected chi connectivity index (χ1v) is 4.29. The van der Waals surface area contributed by atoms with Crippen LogP contribution in [0, 0.1) is 0 Å². The van der Waals surface area contributed by atoms with Crippen molar-refractivity contribution in [2.45, 2.75) is 0 Å². The quantitative estimate of drug-likeness (QED) is 0.817. The Morgan fingerprint density at radius 3 is 2.31 bits per heavy atom. The van der Waals surface area contributed by atoms with Gasteiger partial charge in [0, 0.05) is 76.9 Å². The predicted octanol–water partition coefficient (Wildman–Crippen LogP) is 2.89. The Bertz CT molecular complexity index is 510. The minimum Gasteiger partial charge on any atom is -0.508 e. The maximum Gasteiger partial charge on any atom is 0.127 e. The second-order valence-corrected chi connectivity index (χ2v) is 3.11. The van der Waals surface area contributed by atoms with Crippen molar-refractivity contribution in [3.8, 4) is 11.5 Å². The molecule has 76 valence electrons. The first kappa shape index (κ1) is 16.2. The topological polar surface area (TPSA) is 40.5 Å². The second-order valence-electron chi connectivity index (χ2n) is 3.11. The Kier molecular flexibility index (Phi) is 6.96. The standard InChI is InChI=1S/C12H10O2.2Y/c1-2-8-4-3-5-10-11(8)6-9(13)7-12(10)14;;/h2-7,13-14H,1H2;;. The van der Waals surface area contributed by atoms with Gasteiger partial charge in [0.2, 0.25) is 0 Å². The fourth-order valence-electron chi connectivity index (χ4n) is 1.55. The fourth-order valence-corrected chi connectivity index (χ4v) is 1.55. The summed E-state index contributed by atoms with van der Waals surface area (Å²) in [5.74, 6) is 0.146. The first-order chi connectivity index (χ1) is 6.72. The molecule has 2 rings (SSSR count).